The monoisotopic (exact) mass is 422 g/mol. The fourth-order valence-electron chi connectivity index (χ4n) is 4.72. The standard InChI is InChI=1S/C29H46N2/c1-9-20(5)28-25(19-24-13-16-26(30)17-14-24)15-18-27(29(28)21(6)10-2)31(22(7)11-3)23(8)12-4/h13-18,20-23H,9-12,19,30H2,1-8H3. The summed E-state index contributed by atoms with van der Waals surface area (Å²) in [6, 6.07) is 14.3. The van der Waals surface area contributed by atoms with Crippen molar-refractivity contribution in [2.75, 3.05) is 10.6 Å². The van der Waals surface area contributed by atoms with Crippen LogP contribution in [-0.2, 0) is 6.42 Å². The quantitative estimate of drug-likeness (QED) is 0.369. The van der Waals surface area contributed by atoms with Crippen molar-refractivity contribution in [1.29, 1.82) is 0 Å². The van der Waals surface area contributed by atoms with Crippen LogP contribution in [0.25, 0.3) is 0 Å². The molecule has 0 saturated carbocycles. The predicted molar refractivity (Wildman–Crippen MR) is 139 cm³/mol. The van der Waals surface area contributed by atoms with Crippen LogP contribution in [0.15, 0.2) is 36.4 Å². The molecule has 2 aromatic rings. The Kier molecular flexibility index (Phi) is 9.47. The molecule has 0 bridgehead atoms. The molecule has 0 aliphatic rings. The average molecular weight is 423 g/mol. The number of benzene rings is 2. The summed E-state index contributed by atoms with van der Waals surface area (Å²) in [7, 11) is 0. The molecule has 31 heavy (non-hydrogen) atoms. The van der Waals surface area contributed by atoms with Crippen molar-refractivity contribution in [2.45, 2.75) is 111 Å². The maximum atomic E-state index is 5.93. The molecular weight excluding hydrogens is 376 g/mol. The molecule has 2 rings (SSSR count). The van der Waals surface area contributed by atoms with Crippen molar-refractivity contribution in [3.63, 3.8) is 0 Å². The van der Waals surface area contributed by atoms with Crippen LogP contribution >= 0.6 is 0 Å². The highest BCUT2D eigenvalue weighted by Gasteiger charge is 2.27. The van der Waals surface area contributed by atoms with E-state index < -0.39 is 0 Å². The molecule has 172 valence electrons. The normalized spacial score (nSPS) is 15.4. The Morgan fingerprint density at radius 1 is 0.677 bits per heavy atom. The lowest BCUT2D eigenvalue weighted by Gasteiger charge is -2.40. The van der Waals surface area contributed by atoms with Gasteiger partial charge in [-0.3, -0.25) is 0 Å². The molecule has 4 atom stereocenters. The largest absolute Gasteiger partial charge is 0.399 e. The first-order valence-electron chi connectivity index (χ1n) is 12.6. The molecule has 2 N–H and O–H groups in total. The second-order valence-corrected chi connectivity index (χ2v) is 9.53. The number of hydrogen-bond donors (Lipinski definition) is 1. The van der Waals surface area contributed by atoms with Gasteiger partial charge in [-0.2, -0.15) is 0 Å². The summed E-state index contributed by atoms with van der Waals surface area (Å²) in [6.45, 7) is 18.9. The van der Waals surface area contributed by atoms with E-state index in [4.69, 9.17) is 5.73 Å². The van der Waals surface area contributed by atoms with Gasteiger partial charge in [-0.05, 0) is 98.2 Å². The van der Waals surface area contributed by atoms with Crippen LogP contribution in [0.4, 0.5) is 11.4 Å². The highest BCUT2D eigenvalue weighted by molar-refractivity contribution is 5.63. The Labute approximate surface area is 192 Å². The van der Waals surface area contributed by atoms with E-state index in [9.17, 15) is 0 Å². The Morgan fingerprint density at radius 2 is 1.19 bits per heavy atom. The van der Waals surface area contributed by atoms with Crippen molar-refractivity contribution in [1.82, 2.24) is 0 Å². The molecule has 0 saturated heterocycles. The van der Waals surface area contributed by atoms with E-state index in [1.165, 1.54) is 16.8 Å². The zero-order chi connectivity index (χ0) is 23.1. The van der Waals surface area contributed by atoms with Gasteiger partial charge in [0.2, 0.25) is 0 Å². The molecule has 4 unspecified atom stereocenters. The van der Waals surface area contributed by atoms with E-state index in [0.717, 1.165) is 37.8 Å². The molecular formula is C29H46N2. The average Bonchev–Trinajstić information content (AvgIpc) is 2.79. The van der Waals surface area contributed by atoms with Gasteiger partial charge in [0.25, 0.3) is 0 Å². The third-order valence-corrected chi connectivity index (χ3v) is 7.35. The highest BCUT2D eigenvalue weighted by atomic mass is 15.2. The Morgan fingerprint density at radius 3 is 1.68 bits per heavy atom. The van der Waals surface area contributed by atoms with Gasteiger partial charge < -0.3 is 10.6 Å². The summed E-state index contributed by atoms with van der Waals surface area (Å²) in [5.74, 6) is 1.09. The highest BCUT2D eigenvalue weighted by Crippen LogP contribution is 2.41. The van der Waals surface area contributed by atoms with E-state index in [0.29, 0.717) is 23.9 Å². The molecule has 0 heterocycles. The van der Waals surface area contributed by atoms with Crippen LogP contribution in [0.2, 0.25) is 0 Å². The van der Waals surface area contributed by atoms with E-state index in [-0.39, 0.29) is 0 Å². The molecule has 2 nitrogen and oxygen atoms in total. The van der Waals surface area contributed by atoms with Gasteiger partial charge in [-0.1, -0.05) is 59.7 Å². The van der Waals surface area contributed by atoms with E-state index in [1.807, 2.05) is 12.1 Å². The first kappa shape index (κ1) is 25.3. The van der Waals surface area contributed by atoms with Crippen molar-refractivity contribution < 1.29 is 0 Å². The van der Waals surface area contributed by atoms with Crippen LogP contribution in [0, 0.1) is 0 Å². The number of hydrogen-bond acceptors (Lipinski definition) is 2. The molecule has 2 heteroatoms. The van der Waals surface area contributed by atoms with Gasteiger partial charge in [0.15, 0.2) is 0 Å². The van der Waals surface area contributed by atoms with Gasteiger partial charge in [-0.25, -0.2) is 0 Å². The zero-order valence-electron chi connectivity index (χ0n) is 21.3. The van der Waals surface area contributed by atoms with Crippen LogP contribution in [0.5, 0.6) is 0 Å². The Bertz CT molecular complexity index is 798. The lowest BCUT2D eigenvalue weighted by molar-refractivity contribution is 0.521. The van der Waals surface area contributed by atoms with E-state index in [1.54, 1.807) is 11.1 Å². The maximum Gasteiger partial charge on any atom is 0.0409 e. The van der Waals surface area contributed by atoms with Crippen LogP contribution in [0.1, 0.15) is 115 Å². The van der Waals surface area contributed by atoms with Crippen LogP contribution in [0.3, 0.4) is 0 Å². The van der Waals surface area contributed by atoms with Gasteiger partial charge >= 0.3 is 0 Å². The predicted octanol–water partition coefficient (Wildman–Crippen LogP) is 8.29. The molecule has 0 radical (unpaired) electrons. The molecule has 0 fully saturated rings. The first-order valence-corrected chi connectivity index (χ1v) is 12.6. The first-order chi connectivity index (χ1) is 14.8. The number of rotatable bonds is 11. The summed E-state index contributed by atoms with van der Waals surface area (Å²) < 4.78 is 0. The van der Waals surface area contributed by atoms with Gasteiger partial charge in [0, 0.05) is 23.5 Å². The lowest BCUT2D eigenvalue weighted by atomic mass is 9.80. The van der Waals surface area contributed by atoms with Crippen molar-refractivity contribution in [2.24, 2.45) is 0 Å². The molecule has 0 spiro atoms. The van der Waals surface area contributed by atoms with Crippen LogP contribution in [-0.4, -0.2) is 12.1 Å². The van der Waals surface area contributed by atoms with Gasteiger partial charge in [-0.15, -0.1) is 0 Å². The minimum Gasteiger partial charge on any atom is -0.399 e. The third kappa shape index (κ3) is 5.84. The summed E-state index contributed by atoms with van der Waals surface area (Å²) in [5, 5.41) is 0. The molecule has 0 aromatic heterocycles. The second kappa shape index (κ2) is 11.6. The zero-order valence-corrected chi connectivity index (χ0v) is 21.3. The minimum atomic E-state index is 0.533. The molecule has 0 aliphatic carbocycles. The summed E-state index contributed by atoms with van der Waals surface area (Å²) in [5.41, 5.74) is 14.2. The van der Waals surface area contributed by atoms with E-state index >= 15 is 0 Å². The fourth-order valence-corrected chi connectivity index (χ4v) is 4.72. The summed E-state index contributed by atoms with van der Waals surface area (Å²) >= 11 is 0. The Balaban J connectivity index is 2.73. The number of nitrogens with zero attached hydrogens (tertiary/aromatic N) is 1. The van der Waals surface area contributed by atoms with Crippen LogP contribution < -0.4 is 10.6 Å². The number of nitrogens with two attached hydrogens (primary N) is 1. The number of anilines is 2. The minimum absolute atomic E-state index is 0.533. The Hall–Kier alpha value is -1.96. The third-order valence-electron chi connectivity index (χ3n) is 7.35. The summed E-state index contributed by atoms with van der Waals surface area (Å²) in [4.78, 5) is 2.71. The lowest BCUT2D eigenvalue weighted by Crippen LogP contribution is -2.41. The fraction of sp³-hybridized carbons (Fsp3) is 0.586. The topological polar surface area (TPSA) is 29.3 Å². The molecule has 0 aliphatic heterocycles. The van der Waals surface area contributed by atoms with Crippen molar-refractivity contribution in [3.05, 3.63) is 58.7 Å². The smallest absolute Gasteiger partial charge is 0.0409 e. The number of nitrogen functional groups attached to an aromatic ring is 1. The maximum absolute atomic E-state index is 5.93. The van der Waals surface area contributed by atoms with Crippen molar-refractivity contribution >= 4 is 11.4 Å². The molecule has 0 amide bonds. The van der Waals surface area contributed by atoms with Crippen molar-refractivity contribution in [3.8, 4) is 0 Å². The molecule has 2 aromatic carbocycles. The summed E-state index contributed by atoms with van der Waals surface area (Å²) in [6.07, 6.45) is 5.62. The SMILES string of the molecule is CCC(C)c1c(Cc2ccc(N)cc2)ccc(N(C(C)CC)C(C)CC)c1C(C)CC. The van der Waals surface area contributed by atoms with E-state index in [2.05, 4.69) is 84.6 Å². The van der Waals surface area contributed by atoms with Gasteiger partial charge in [0.1, 0.15) is 0 Å². The van der Waals surface area contributed by atoms with Gasteiger partial charge in [0.05, 0.1) is 0 Å². The second-order valence-electron chi connectivity index (χ2n) is 9.53.